The van der Waals surface area contributed by atoms with Crippen LogP contribution in [0.1, 0.15) is 23.3 Å². The molecule has 1 aromatic heterocycles. The molecule has 0 saturated heterocycles. The number of nitrogens with zero attached hydrogens (tertiary/aromatic N) is 2. The predicted octanol–water partition coefficient (Wildman–Crippen LogP) is 0.148. The SMILES string of the molecule is Cl.Cl.N=C(NCCCOCCCN)NC(=O)c1nc(Cl)c(N)nc1N. The van der Waals surface area contributed by atoms with Crippen molar-refractivity contribution in [2.45, 2.75) is 12.8 Å². The van der Waals surface area contributed by atoms with Gasteiger partial charge in [-0.3, -0.25) is 15.5 Å². The monoisotopic (exact) mass is 416 g/mol. The van der Waals surface area contributed by atoms with Gasteiger partial charge in [-0.15, -0.1) is 24.8 Å². The summed E-state index contributed by atoms with van der Waals surface area (Å²) in [6, 6.07) is 0. The minimum atomic E-state index is -0.700. The van der Waals surface area contributed by atoms with Crippen LogP contribution in [0.2, 0.25) is 5.15 Å². The highest BCUT2D eigenvalue weighted by molar-refractivity contribution is 6.31. The summed E-state index contributed by atoms with van der Waals surface area (Å²) in [5, 5.41) is 12.5. The average Bonchev–Trinajstić information content (AvgIpc) is 2.49. The van der Waals surface area contributed by atoms with Gasteiger partial charge in [-0.25, -0.2) is 9.97 Å². The Hall–Kier alpha value is -1.59. The maximum atomic E-state index is 11.9. The Balaban J connectivity index is 0. The number of hydrogen-bond donors (Lipinski definition) is 6. The van der Waals surface area contributed by atoms with Gasteiger partial charge in [0.25, 0.3) is 5.91 Å². The van der Waals surface area contributed by atoms with Crippen LogP contribution in [0.3, 0.4) is 0 Å². The number of hydrogen-bond acceptors (Lipinski definition) is 8. The van der Waals surface area contributed by atoms with E-state index >= 15 is 0 Å². The Kier molecular flexibility index (Phi) is 14.0. The number of ether oxygens (including phenoxy) is 1. The van der Waals surface area contributed by atoms with Gasteiger partial charge in [-0.1, -0.05) is 11.6 Å². The molecule has 0 aliphatic carbocycles. The van der Waals surface area contributed by atoms with Gasteiger partial charge in [0.15, 0.2) is 28.4 Å². The fraction of sp³-hybridized carbons (Fsp3) is 0.500. The van der Waals surface area contributed by atoms with E-state index in [0.29, 0.717) is 32.7 Å². The predicted molar refractivity (Wildman–Crippen MR) is 103 cm³/mol. The lowest BCUT2D eigenvalue weighted by Gasteiger charge is -2.10. The number of halogens is 3. The summed E-state index contributed by atoms with van der Waals surface area (Å²) in [5.74, 6) is -1.12. The smallest absolute Gasteiger partial charge is 0.280 e. The average molecular weight is 418 g/mol. The lowest BCUT2D eigenvalue weighted by Crippen LogP contribution is -2.41. The van der Waals surface area contributed by atoms with E-state index in [4.69, 9.17) is 38.9 Å². The quantitative estimate of drug-likeness (QED) is 0.196. The van der Waals surface area contributed by atoms with Crippen molar-refractivity contribution in [2.75, 3.05) is 37.8 Å². The van der Waals surface area contributed by atoms with Crippen molar-refractivity contribution in [1.29, 1.82) is 5.41 Å². The van der Waals surface area contributed by atoms with Gasteiger partial charge in [0.2, 0.25) is 0 Å². The second-order valence-corrected chi connectivity index (χ2v) is 4.86. The molecule has 25 heavy (non-hydrogen) atoms. The molecule has 0 spiro atoms. The Labute approximate surface area is 162 Å². The zero-order chi connectivity index (χ0) is 17.2. The standard InChI is InChI=1S/C12H21ClN8O2.2ClH/c13-8-10(16)20-9(15)7(19-8)11(22)21-12(17)18-4-2-6-23-5-1-3-14;;/h1-6,14H2,(H4,15,16,20)(H3,17,18,21,22);2*1H. The van der Waals surface area contributed by atoms with Crippen LogP contribution < -0.4 is 27.8 Å². The zero-order valence-electron chi connectivity index (χ0n) is 13.4. The summed E-state index contributed by atoms with van der Waals surface area (Å²) >= 11 is 5.70. The third-order valence-electron chi connectivity index (χ3n) is 2.62. The third-order valence-corrected chi connectivity index (χ3v) is 2.90. The van der Waals surface area contributed by atoms with Crippen molar-refractivity contribution in [3.8, 4) is 0 Å². The first-order chi connectivity index (χ1) is 11.0. The number of anilines is 2. The Morgan fingerprint density at radius 2 is 1.80 bits per heavy atom. The van der Waals surface area contributed by atoms with Crippen molar-refractivity contribution in [3.63, 3.8) is 0 Å². The van der Waals surface area contributed by atoms with Crippen molar-refractivity contribution in [2.24, 2.45) is 5.73 Å². The summed E-state index contributed by atoms with van der Waals surface area (Å²) in [6.45, 7) is 2.21. The summed E-state index contributed by atoms with van der Waals surface area (Å²) in [6.07, 6.45) is 1.49. The molecule has 10 nitrogen and oxygen atoms in total. The first kappa shape index (κ1) is 25.6. The number of carbonyl (C=O) groups excluding carboxylic acids is 1. The van der Waals surface area contributed by atoms with Crippen molar-refractivity contribution in [3.05, 3.63) is 10.8 Å². The highest BCUT2D eigenvalue weighted by atomic mass is 35.5. The number of guanidine groups is 1. The molecule has 144 valence electrons. The molecule has 0 atom stereocenters. The molecule has 0 aliphatic rings. The van der Waals surface area contributed by atoms with Crippen LogP contribution in [-0.2, 0) is 4.74 Å². The molecule has 0 aliphatic heterocycles. The number of aromatic nitrogens is 2. The molecule has 0 unspecified atom stereocenters. The molecule has 0 fully saturated rings. The number of nitrogens with one attached hydrogen (secondary N) is 3. The van der Waals surface area contributed by atoms with E-state index in [1.165, 1.54) is 0 Å². The maximum Gasteiger partial charge on any atom is 0.280 e. The van der Waals surface area contributed by atoms with E-state index < -0.39 is 5.91 Å². The second kappa shape index (κ2) is 13.7. The first-order valence-electron chi connectivity index (χ1n) is 6.95. The Bertz CT molecular complexity index is 561. The largest absolute Gasteiger partial charge is 0.382 e. The van der Waals surface area contributed by atoms with E-state index in [2.05, 4.69) is 20.6 Å². The second-order valence-electron chi connectivity index (χ2n) is 4.50. The number of nitrogens with two attached hydrogens (primary N) is 3. The molecule has 0 aromatic carbocycles. The number of carbonyl (C=O) groups is 1. The van der Waals surface area contributed by atoms with Gasteiger partial charge in [0.05, 0.1) is 0 Å². The first-order valence-corrected chi connectivity index (χ1v) is 7.33. The van der Waals surface area contributed by atoms with Crippen LogP contribution in [0.5, 0.6) is 0 Å². The van der Waals surface area contributed by atoms with E-state index in [1.54, 1.807) is 0 Å². The zero-order valence-corrected chi connectivity index (χ0v) is 15.8. The van der Waals surface area contributed by atoms with Crippen molar-refractivity contribution in [1.82, 2.24) is 20.6 Å². The fourth-order valence-corrected chi connectivity index (χ4v) is 1.63. The molecule has 1 amide bonds. The van der Waals surface area contributed by atoms with Gasteiger partial charge in [-0.2, -0.15) is 0 Å². The van der Waals surface area contributed by atoms with Crippen LogP contribution in [-0.4, -0.2) is 48.1 Å². The molecule has 1 rings (SSSR count). The van der Waals surface area contributed by atoms with E-state index in [-0.39, 0.29) is 53.3 Å². The molecule has 0 saturated carbocycles. The highest BCUT2D eigenvalue weighted by Gasteiger charge is 2.16. The van der Waals surface area contributed by atoms with E-state index in [1.807, 2.05) is 0 Å². The fourth-order valence-electron chi connectivity index (χ4n) is 1.50. The number of rotatable bonds is 8. The normalized spacial score (nSPS) is 9.52. The minimum Gasteiger partial charge on any atom is -0.382 e. The molecule has 0 radical (unpaired) electrons. The lowest BCUT2D eigenvalue weighted by atomic mass is 10.4. The molecule has 1 heterocycles. The molecule has 13 heteroatoms. The van der Waals surface area contributed by atoms with E-state index in [0.717, 1.165) is 6.42 Å². The Morgan fingerprint density at radius 1 is 1.16 bits per heavy atom. The van der Waals surface area contributed by atoms with Crippen LogP contribution in [0.4, 0.5) is 11.6 Å². The lowest BCUT2D eigenvalue weighted by molar-refractivity contribution is 0.0971. The summed E-state index contributed by atoms with van der Waals surface area (Å²) in [5.41, 5.74) is 16.1. The summed E-state index contributed by atoms with van der Waals surface area (Å²) in [4.78, 5) is 19.4. The van der Waals surface area contributed by atoms with Crippen LogP contribution in [0.15, 0.2) is 0 Å². The number of amides is 1. The Morgan fingerprint density at radius 3 is 2.44 bits per heavy atom. The van der Waals surface area contributed by atoms with Gasteiger partial charge < -0.3 is 27.3 Å². The third kappa shape index (κ3) is 9.46. The van der Waals surface area contributed by atoms with Gasteiger partial charge in [-0.05, 0) is 19.4 Å². The van der Waals surface area contributed by atoms with Crippen LogP contribution in [0, 0.1) is 5.41 Å². The van der Waals surface area contributed by atoms with Crippen LogP contribution in [0.25, 0.3) is 0 Å². The number of nitrogen functional groups attached to an aromatic ring is 2. The molecular weight excluding hydrogens is 395 g/mol. The topological polar surface area (TPSA) is 178 Å². The minimum absolute atomic E-state index is 0. The van der Waals surface area contributed by atoms with Gasteiger partial charge in [0, 0.05) is 19.8 Å². The summed E-state index contributed by atoms with van der Waals surface area (Å²) in [7, 11) is 0. The van der Waals surface area contributed by atoms with Crippen LogP contribution >= 0.6 is 36.4 Å². The van der Waals surface area contributed by atoms with Crippen molar-refractivity contribution < 1.29 is 9.53 Å². The maximum absolute atomic E-state index is 11.9. The molecular formula is C12H23Cl3N8O2. The summed E-state index contributed by atoms with van der Waals surface area (Å²) < 4.78 is 5.31. The molecule has 0 bridgehead atoms. The van der Waals surface area contributed by atoms with Crippen molar-refractivity contribution >= 4 is 59.9 Å². The highest BCUT2D eigenvalue weighted by Crippen LogP contribution is 2.16. The molecule has 1 aromatic rings. The molecule has 9 N–H and O–H groups in total. The van der Waals surface area contributed by atoms with Gasteiger partial charge >= 0.3 is 0 Å². The van der Waals surface area contributed by atoms with E-state index in [9.17, 15) is 4.79 Å². The van der Waals surface area contributed by atoms with Gasteiger partial charge in [0.1, 0.15) is 0 Å².